The van der Waals surface area contributed by atoms with Gasteiger partial charge < -0.3 is 10.5 Å². The van der Waals surface area contributed by atoms with Gasteiger partial charge in [0.05, 0.1) is 4.90 Å². The first-order valence-electron chi connectivity index (χ1n) is 6.59. The van der Waals surface area contributed by atoms with E-state index in [4.69, 9.17) is 10.5 Å². The van der Waals surface area contributed by atoms with E-state index in [1.165, 1.54) is 12.1 Å². The zero-order valence-electron chi connectivity index (χ0n) is 11.1. The molecule has 0 aliphatic carbocycles. The molecule has 0 unspecified atom stereocenters. The minimum atomic E-state index is -3.74. The monoisotopic (exact) mass is 302 g/mol. The van der Waals surface area contributed by atoms with Crippen molar-refractivity contribution in [1.29, 1.82) is 0 Å². The van der Waals surface area contributed by atoms with Crippen molar-refractivity contribution in [1.82, 2.24) is 4.72 Å². The Balaban J connectivity index is 2.11. The van der Waals surface area contributed by atoms with Crippen LogP contribution in [0.5, 0.6) is 0 Å². The molecule has 1 fully saturated rings. The molecule has 1 aromatic rings. The maximum atomic E-state index is 13.3. The van der Waals surface area contributed by atoms with Gasteiger partial charge in [0, 0.05) is 26.3 Å². The van der Waals surface area contributed by atoms with E-state index in [0.717, 1.165) is 18.9 Å². The van der Waals surface area contributed by atoms with Gasteiger partial charge in [-0.25, -0.2) is 17.5 Å². The summed E-state index contributed by atoms with van der Waals surface area (Å²) in [6.07, 6.45) is 1.66. The molecule has 0 bridgehead atoms. The molecule has 7 heteroatoms. The quantitative estimate of drug-likeness (QED) is 0.850. The van der Waals surface area contributed by atoms with Crippen molar-refractivity contribution in [2.75, 3.05) is 19.8 Å². The van der Waals surface area contributed by atoms with E-state index >= 15 is 0 Å². The van der Waals surface area contributed by atoms with Crippen LogP contribution in [0, 0.1) is 11.7 Å². The number of ether oxygens (including phenoxy) is 1. The highest BCUT2D eigenvalue weighted by molar-refractivity contribution is 7.89. The van der Waals surface area contributed by atoms with Crippen molar-refractivity contribution in [2.24, 2.45) is 11.7 Å². The predicted molar refractivity (Wildman–Crippen MR) is 73.0 cm³/mol. The van der Waals surface area contributed by atoms with Crippen LogP contribution in [0.25, 0.3) is 0 Å². The van der Waals surface area contributed by atoms with Gasteiger partial charge in [-0.05, 0) is 36.5 Å². The minimum Gasteiger partial charge on any atom is -0.381 e. The number of hydrogen-bond acceptors (Lipinski definition) is 4. The average Bonchev–Trinajstić information content (AvgIpc) is 2.46. The predicted octanol–water partition coefficient (Wildman–Crippen LogP) is 0.989. The summed E-state index contributed by atoms with van der Waals surface area (Å²) in [4.78, 5) is -0.0768. The molecule has 20 heavy (non-hydrogen) atoms. The van der Waals surface area contributed by atoms with Crippen LogP contribution in [0.4, 0.5) is 4.39 Å². The maximum absolute atomic E-state index is 13.3. The van der Waals surface area contributed by atoms with E-state index in [0.29, 0.717) is 25.3 Å². The maximum Gasteiger partial charge on any atom is 0.241 e. The van der Waals surface area contributed by atoms with Gasteiger partial charge >= 0.3 is 0 Å². The molecule has 3 N–H and O–H groups in total. The van der Waals surface area contributed by atoms with Crippen LogP contribution in [-0.4, -0.2) is 28.2 Å². The fourth-order valence-electron chi connectivity index (χ4n) is 2.20. The first kappa shape index (κ1) is 15.4. The zero-order chi connectivity index (χ0) is 14.6. The van der Waals surface area contributed by atoms with Crippen molar-refractivity contribution in [2.45, 2.75) is 24.3 Å². The topological polar surface area (TPSA) is 81.4 Å². The van der Waals surface area contributed by atoms with Gasteiger partial charge in [-0.2, -0.15) is 0 Å². The third kappa shape index (κ3) is 3.76. The highest BCUT2D eigenvalue weighted by Gasteiger charge is 2.21. The van der Waals surface area contributed by atoms with Gasteiger partial charge in [-0.3, -0.25) is 0 Å². The number of rotatable bonds is 5. The summed E-state index contributed by atoms with van der Waals surface area (Å²) in [6, 6.07) is 3.62. The Morgan fingerprint density at radius 3 is 2.70 bits per heavy atom. The first-order valence-corrected chi connectivity index (χ1v) is 8.07. The molecule has 5 nitrogen and oxygen atoms in total. The Morgan fingerprint density at radius 2 is 2.05 bits per heavy atom. The molecule has 112 valence electrons. The van der Waals surface area contributed by atoms with Crippen LogP contribution in [0.15, 0.2) is 23.1 Å². The van der Waals surface area contributed by atoms with Crippen LogP contribution in [-0.2, 0) is 21.3 Å². The lowest BCUT2D eigenvalue weighted by molar-refractivity contribution is 0.0678. The lowest BCUT2D eigenvalue weighted by Gasteiger charge is -2.22. The van der Waals surface area contributed by atoms with Gasteiger partial charge in [0.15, 0.2) is 0 Å². The second-order valence-corrected chi connectivity index (χ2v) is 6.60. The average molecular weight is 302 g/mol. The molecule has 1 saturated heterocycles. The fraction of sp³-hybridized carbons (Fsp3) is 0.538. The van der Waals surface area contributed by atoms with E-state index in [1.807, 2.05) is 0 Å². The summed E-state index contributed by atoms with van der Waals surface area (Å²) in [5, 5.41) is 0. The number of halogens is 1. The number of nitrogens with one attached hydrogen (secondary N) is 1. The van der Waals surface area contributed by atoms with E-state index in [1.54, 1.807) is 0 Å². The summed E-state index contributed by atoms with van der Waals surface area (Å²) >= 11 is 0. The number of sulfonamides is 1. The summed E-state index contributed by atoms with van der Waals surface area (Å²) in [5.74, 6) is -0.331. The van der Waals surface area contributed by atoms with E-state index < -0.39 is 15.8 Å². The minimum absolute atomic E-state index is 0.0494. The van der Waals surface area contributed by atoms with Gasteiger partial charge in [-0.15, -0.1) is 0 Å². The molecule has 0 radical (unpaired) electrons. The largest absolute Gasteiger partial charge is 0.381 e. The van der Waals surface area contributed by atoms with Gasteiger partial charge in [0.25, 0.3) is 0 Å². The van der Waals surface area contributed by atoms with Crippen LogP contribution < -0.4 is 10.5 Å². The molecule has 0 atom stereocenters. The van der Waals surface area contributed by atoms with E-state index in [2.05, 4.69) is 4.72 Å². The Labute approximate surface area is 118 Å². The SMILES string of the molecule is NCc1ccc(F)cc1S(=O)(=O)NCC1CCOCC1. The van der Waals surface area contributed by atoms with Crippen LogP contribution in [0.2, 0.25) is 0 Å². The van der Waals surface area contributed by atoms with Gasteiger partial charge in [-0.1, -0.05) is 6.07 Å². The van der Waals surface area contributed by atoms with Crippen molar-refractivity contribution in [3.05, 3.63) is 29.6 Å². The lowest BCUT2D eigenvalue weighted by atomic mass is 10.0. The summed E-state index contributed by atoms with van der Waals surface area (Å²) in [5.41, 5.74) is 5.91. The molecule has 1 aromatic carbocycles. The van der Waals surface area contributed by atoms with Crippen LogP contribution >= 0.6 is 0 Å². The molecule has 0 aromatic heterocycles. The van der Waals surface area contributed by atoms with Crippen molar-refractivity contribution in [3.63, 3.8) is 0 Å². The molecular formula is C13H19FN2O3S. The van der Waals surface area contributed by atoms with Crippen molar-refractivity contribution in [3.8, 4) is 0 Å². The zero-order valence-corrected chi connectivity index (χ0v) is 12.0. The molecule has 1 aliphatic heterocycles. The Morgan fingerprint density at radius 1 is 1.35 bits per heavy atom. The number of nitrogens with two attached hydrogens (primary N) is 1. The Kier molecular flexibility index (Phi) is 5.09. The van der Waals surface area contributed by atoms with E-state index in [9.17, 15) is 12.8 Å². The van der Waals surface area contributed by atoms with Gasteiger partial charge in [0.2, 0.25) is 10.0 Å². The van der Waals surface area contributed by atoms with Gasteiger partial charge in [0.1, 0.15) is 5.82 Å². The highest BCUT2D eigenvalue weighted by Crippen LogP contribution is 2.19. The van der Waals surface area contributed by atoms with Crippen LogP contribution in [0.1, 0.15) is 18.4 Å². The molecule has 1 heterocycles. The molecule has 0 saturated carbocycles. The normalized spacial score (nSPS) is 17.3. The van der Waals surface area contributed by atoms with E-state index in [-0.39, 0.29) is 17.4 Å². The standard InChI is InChI=1S/C13H19FN2O3S/c14-12-2-1-11(8-15)13(7-12)20(17,18)16-9-10-3-5-19-6-4-10/h1-2,7,10,16H,3-6,8-9,15H2. The summed E-state index contributed by atoms with van der Waals surface area (Å²) in [7, 11) is -3.74. The van der Waals surface area contributed by atoms with Crippen molar-refractivity contribution >= 4 is 10.0 Å². The second kappa shape index (κ2) is 6.62. The lowest BCUT2D eigenvalue weighted by Crippen LogP contribution is -2.32. The van der Waals surface area contributed by atoms with Crippen molar-refractivity contribution < 1.29 is 17.5 Å². The van der Waals surface area contributed by atoms with Crippen LogP contribution in [0.3, 0.4) is 0 Å². The molecular weight excluding hydrogens is 283 g/mol. The fourth-order valence-corrected chi connectivity index (χ4v) is 3.58. The first-order chi connectivity index (χ1) is 9.53. The molecule has 0 amide bonds. The Hall–Kier alpha value is -1.02. The smallest absolute Gasteiger partial charge is 0.241 e. The Bertz CT molecular complexity index is 557. The third-order valence-electron chi connectivity index (χ3n) is 3.44. The molecule has 2 rings (SSSR count). The number of benzene rings is 1. The summed E-state index contributed by atoms with van der Waals surface area (Å²) < 4.78 is 45.5. The molecule has 0 spiro atoms. The summed E-state index contributed by atoms with van der Waals surface area (Å²) in [6.45, 7) is 1.70. The number of hydrogen-bond donors (Lipinski definition) is 2. The third-order valence-corrected chi connectivity index (χ3v) is 4.95. The molecule has 1 aliphatic rings. The highest BCUT2D eigenvalue weighted by atomic mass is 32.2. The second-order valence-electron chi connectivity index (χ2n) is 4.86.